The molecule has 0 spiro atoms. The Hall–Kier alpha value is -2.98. The summed E-state index contributed by atoms with van der Waals surface area (Å²) in [4.78, 5) is 16.4. The van der Waals surface area contributed by atoms with E-state index in [-0.39, 0.29) is 5.57 Å². The van der Waals surface area contributed by atoms with E-state index in [4.69, 9.17) is 0 Å². The molecule has 0 aliphatic heterocycles. The molecule has 24 heavy (non-hydrogen) atoms. The van der Waals surface area contributed by atoms with Gasteiger partial charge >= 0.3 is 0 Å². The summed E-state index contributed by atoms with van der Waals surface area (Å²) < 4.78 is 15.5. The molecule has 0 atom stereocenters. The monoisotopic (exact) mass is 384 g/mol. The van der Waals surface area contributed by atoms with Crippen LogP contribution in [0.2, 0.25) is 0 Å². The van der Waals surface area contributed by atoms with E-state index < -0.39 is 11.7 Å². The lowest BCUT2D eigenvalue weighted by molar-refractivity contribution is -0.112. The molecule has 0 radical (unpaired) electrons. The van der Waals surface area contributed by atoms with Crippen LogP contribution in [0.25, 0.3) is 11.7 Å². The van der Waals surface area contributed by atoms with E-state index in [1.807, 2.05) is 18.2 Å². The van der Waals surface area contributed by atoms with Gasteiger partial charge in [-0.05, 0) is 58.4 Å². The van der Waals surface area contributed by atoms with Crippen LogP contribution in [-0.2, 0) is 4.79 Å². The number of amides is 1. The van der Waals surface area contributed by atoms with E-state index in [2.05, 4.69) is 26.2 Å². The molecule has 1 aromatic carbocycles. The quantitative estimate of drug-likeness (QED) is 0.551. The first kappa shape index (κ1) is 15.9. The lowest BCUT2D eigenvalue weighted by Crippen LogP contribution is -2.13. The van der Waals surface area contributed by atoms with Crippen LogP contribution in [0, 0.1) is 17.1 Å². The molecule has 1 N–H and O–H groups in total. The van der Waals surface area contributed by atoms with Crippen LogP contribution < -0.4 is 5.32 Å². The number of halogens is 2. The van der Waals surface area contributed by atoms with Crippen molar-refractivity contribution in [3.8, 4) is 6.07 Å². The molecule has 0 aliphatic rings. The lowest BCUT2D eigenvalue weighted by Gasteiger charge is -2.04. The van der Waals surface area contributed by atoms with Gasteiger partial charge < -0.3 is 5.32 Å². The second kappa shape index (κ2) is 6.64. The summed E-state index contributed by atoms with van der Waals surface area (Å²) in [6, 6.07) is 10.8. The predicted molar refractivity (Wildman–Crippen MR) is 91.5 cm³/mol. The summed E-state index contributed by atoms with van der Waals surface area (Å²) >= 11 is 3.37. The smallest absolute Gasteiger partial charge is 0.266 e. The van der Waals surface area contributed by atoms with Crippen LogP contribution in [-0.4, -0.2) is 15.3 Å². The number of fused-ring (bicyclic) bond motifs is 1. The molecule has 0 fully saturated rings. The minimum atomic E-state index is -0.575. The van der Waals surface area contributed by atoms with Crippen molar-refractivity contribution in [3.05, 3.63) is 70.3 Å². The first-order chi connectivity index (χ1) is 11.6. The van der Waals surface area contributed by atoms with Gasteiger partial charge in [0.2, 0.25) is 0 Å². The number of carbonyl (C=O) groups is 1. The molecule has 3 aromatic rings. The van der Waals surface area contributed by atoms with Crippen LogP contribution in [0.15, 0.2) is 58.8 Å². The highest BCUT2D eigenvalue weighted by Gasteiger charge is 2.11. The van der Waals surface area contributed by atoms with E-state index in [1.165, 1.54) is 30.3 Å². The van der Waals surface area contributed by atoms with Crippen molar-refractivity contribution < 1.29 is 9.18 Å². The van der Waals surface area contributed by atoms with Crippen LogP contribution in [0.3, 0.4) is 0 Å². The fourth-order valence-corrected chi connectivity index (χ4v) is 2.45. The third-order valence-electron chi connectivity index (χ3n) is 3.26. The molecule has 0 unspecified atom stereocenters. The average molecular weight is 385 g/mol. The average Bonchev–Trinajstić information content (AvgIpc) is 2.96. The molecular weight excluding hydrogens is 375 g/mol. The molecule has 2 heterocycles. The van der Waals surface area contributed by atoms with Gasteiger partial charge in [0.05, 0.1) is 11.9 Å². The van der Waals surface area contributed by atoms with E-state index in [1.54, 1.807) is 16.8 Å². The van der Waals surface area contributed by atoms with Gasteiger partial charge in [-0.1, -0.05) is 0 Å². The molecule has 3 rings (SSSR count). The van der Waals surface area contributed by atoms with E-state index in [9.17, 15) is 14.4 Å². The Labute approximate surface area is 145 Å². The highest BCUT2D eigenvalue weighted by Crippen LogP contribution is 2.16. The topological polar surface area (TPSA) is 70.2 Å². The molecule has 0 saturated carbocycles. The Balaban J connectivity index is 1.90. The van der Waals surface area contributed by atoms with Gasteiger partial charge in [0.15, 0.2) is 0 Å². The maximum absolute atomic E-state index is 12.9. The summed E-state index contributed by atoms with van der Waals surface area (Å²) in [5, 5.41) is 11.8. The van der Waals surface area contributed by atoms with E-state index in [0.717, 1.165) is 4.47 Å². The minimum absolute atomic E-state index is 0.0823. The van der Waals surface area contributed by atoms with Crippen molar-refractivity contribution >= 4 is 39.2 Å². The van der Waals surface area contributed by atoms with Crippen LogP contribution >= 0.6 is 15.9 Å². The van der Waals surface area contributed by atoms with Gasteiger partial charge in [0, 0.05) is 16.4 Å². The van der Waals surface area contributed by atoms with E-state index in [0.29, 0.717) is 17.0 Å². The minimum Gasteiger partial charge on any atom is -0.321 e. The third kappa shape index (κ3) is 3.34. The number of hydrogen-bond donors (Lipinski definition) is 1. The Kier molecular flexibility index (Phi) is 4.40. The van der Waals surface area contributed by atoms with Gasteiger partial charge in [-0.25, -0.2) is 9.37 Å². The molecule has 0 aliphatic carbocycles. The third-order valence-corrected chi connectivity index (χ3v) is 3.73. The Morgan fingerprint density at radius 1 is 1.29 bits per heavy atom. The summed E-state index contributed by atoms with van der Waals surface area (Å²) in [5.74, 6) is -0.977. The number of hydrogen-bond acceptors (Lipinski definition) is 3. The number of benzene rings is 1. The van der Waals surface area contributed by atoms with Crippen LogP contribution in [0.4, 0.5) is 10.1 Å². The van der Waals surface area contributed by atoms with Crippen LogP contribution in [0.5, 0.6) is 0 Å². The number of nitrogens with zero attached hydrogens (tertiary/aromatic N) is 3. The largest absolute Gasteiger partial charge is 0.321 e. The van der Waals surface area contributed by atoms with Crippen LogP contribution in [0.1, 0.15) is 5.69 Å². The number of carbonyl (C=O) groups excluding carboxylic acids is 1. The predicted octanol–water partition coefficient (Wildman–Crippen LogP) is 3.78. The highest BCUT2D eigenvalue weighted by molar-refractivity contribution is 9.10. The summed E-state index contributed by atoms with van der Waals surface area (Å²) in [6.45, 7) is 0. The molecule has 0 bridgehead atoms. The SMILES string of the molecule is N#CC(=Cc1cnc2ccc(Br)cn12)C(=O)Nc1ccc(F)cc1. The van der Waals surface area contributed by atoms with Gasteiger partial charge in [-0.2, -0.15) is 5.26 Å². The Morgan fingerprint density at radius 2 is 2.04 bits per heavy atom. The van der Waals surface area contributed by atoms with Crippen molar-refractivity contribution in [1.29, 1.82) is 5.26 Å². The number of aromatic nitrogens is 2. The second-order valence-corrected chi connectivity index (χ2v) is 5.81. The van der Waals surface area contributed by atoms with Crippen molar-refractivity contribution in [2.45, 2.75) is 0 Å². The number of pyridine rings is 1. The zero-order valence-electron chi connectivity index (χ0n) is 12.2. The fourth-order valence-electron chi connectivity index (χ4n) is 2.11. The highest BCUT2D eigenvalue weighted by atomic mass is 79.9. The van der Waals surface area contributed by atoms with Crippen molar-refractivity contribution in [1.82, 2.24) is 9.38 Å². The van der Waals surface area contributed by atoms with Gasteiger partial charge in [-0.15, -0.1) is 0 Å². The number of imidazole rings is 1. The summed E-state index contributed by atoms with van der Waals surface area (Å²) in [7, 11) is 0. The Bertz CT molecular complexity index is 986. The Morgan fingerprint density at radius 3 is 2.75 bits per heavy atom. The normalized spacial score (nSPS) is 11.3. The maximum atomic E-state index is 12.9. The number of nitrogens with one attached hydrogen (secondary N) is 1. The number of rotatable bonds is 3. The zero-order valence-corrected chi connectivity index (χ0v) is 13.8. The first-order valence-electron chi connectivity index (χ1n) is 6.88. The molecular formula is C17H10BrFN4O. The van der Waals surface area contributed by atoms with Gasteiger partial charge in [0.1, 0.15) is 23.1 Å². The zero-order chi connectivity index (χ0) is 17.1. The molecule has 0 saturated heterocycles. The lowest BCUT2D eigenvalue weighted by atomic mass is 10.2. The summed E-state index contributed by atoms with van der Waals surface area (Å²) in [5.41, 5.74) is 1.61. The molecule has 5 nitrogen and oxygen atoms in total. The van der Waals surface area contributed by atoms with Gasteiger partial charge in [0.25, 0.3) is 5.91 Å². The van der Waals surface area contributed by atoms with Crippen molar-refractivity contribution in [3.63, 3.8) is 0 Å². The van der Waals surface area contributed by atoms with Crippen molar-refractivity contribution in [2.24, 2.45) is 0 Å². The molecule has 118 valence electrons. The number of anilines is 1. The fraction of sp³-hybridized carbons (Fsp3) is 0. The number of nitriles is 1. The first-order valence-corrected chi connectivity index (χ1v) is 7.67. The van der Waals surface area contributed by atoms with E-state index >= 15 is 0 Å². The summed E-state index contributed by atoms with van der Waals surface area (Å²) in [6.07, 6.45) is 4.82. The molecule has 2 aromatic heterocycles. The second-order valence-electron chi connectivity index (χ2n) is 4.89. The van der Waals surface area contributed by atoms with Gasteiger partial charge in [-0.3, -0.25) is 9.20 Å². The van der Waals surface area contributed by atoms with Crippen molar-refractivity contribution in [2.75, 3.05) is 5.32 Å². The molecule has 7 heteroatoms. The maximum Gasteiger partial charge on any atom is 0.266 e. The standard InChI is InChI=1S/C17H10BrFN4O/c18-12-1-6-16-21-9-15(23(16)10-12)7-11(8-20)17(24)22-14-4-2-13(19)3-5-14/h1-7,9-10H,(H,22,24). The molecule has 1 amide bonds.